The van der Waals surface area contributed by atoms with Crippen LogP contribution < -0.4 is 5.73 Å². The standard InChI is InChI=1S/C12H16N2O/c1-8(2)11-10-5-3-4-9(6-7-13)12(10)15-14-11/h3-5,8H,6-7,13H2,1-2H3. The van der Waals surface area contributed by atoms with Gasteiger partial charge in [0.05, 0.1) is 5.69 Å². The largest absolute Gasteiger partial charge is 0.356 e. The van der Waals surface area contributed by atoms with Crippen LogP contribution in [-0.2, 0) is 6.42 Å². The molecule has 0 spiro atoms. The Kier molecular flexibility index (Phi) is 2.73. The van der Waals surface area contributed by atoms with Gasteiger partial charge in [-0.3, -0.25) is 0 Å². The number of nitrogens with zero attached hydrogens (tertiary/aromatic N) is 1. The van der Waals surface area contributed by atoms with Crippen molar-refractivity contribution in [2.45, 2.75) is 26.2 Å². The van der Waals surface area contributed by atoms with Gasteiger partial charge in [-0.15, -0.1) is 0 Å². The molecule has 1 aromatic carbocycles. The first-order valence-corrected chi connectivity index (χ1v) is 5.31. The number of nitrogens with two attached hydrogens (primary N) is 1. The molecule has 0 amide bonds. The van der Waals surface area contributed by atoms with E-state index in [1.165, 1.54) is 0 Å². The number of rotatable bonds is 3. The Labute approximate surface area is 89.2 Å². The maximum absolute atomic E-state index is 5.56. The van der Waals surface area contributed by atoms with Gasteiger partial charge in [0, 0.05) is 5.39 Å². The van der Waals surface area contributed by atoms with E-state index in [0.29, 0.717) is 12.5 Å². The Bertz CT molecular complexity index is 460. The highest BCUT2D eigenvalue weighted by molar-refractivity contribution is 5.82. The minimum Gasteiger partial charge on any atom is -0.356 e. The van der Waals surface area contributed by atoms with Crippen molar-refractivity contribution >= 4 is 11.0 Å². The van der Waals surface area contributed by atoms with Crippen molar-refractivity contribution < 1.29 is 4.52 Å². The van der Waals surface area contributed by atoms with Crippen LogP contribution >= 0.6 is 0 Å². The molecule has 1 aromatic heterocycles. The summed E-state index contributed by atoms with van der Waals surface area (Å²) in [6.45, 7) is 4.87. The lowest BCUT2D eigenvalue weighted by Crippen LogP contribution is -2.02. The van der Waals surface area contributed by atoms with Gasteiger partial charge in [0.15, 0.2) is 5.58 Å². The van der Waals surface area contributed by atoms with Crippen LogP contribution in [0.25, 0.3) is 11.0 Å². The van der Waals surface area contributed by atoms with Crippen LogP contribution in [-0.4, -0.2) is 11.7 Å². The van der Waals surface area contributed by atoms with E-state index in [4.69, 9.17) is 10.3 Å². The second-order valence-corrected chi connectivity index (χ2v) is 4.06. The van der Waals surface area contributed by atoms with Gasteiger partial charge in [0.25, 0.3) is 0 Å². The number of hydrogen-bond donors (Lipinski definition) is 1. The molecule has 0 atom stereocenters. The monoisotopic (exact) mass is 204 g/mol. The van der Waals surface area contributed by atoms with Crippen molar-refractivity contribution in [2.24, 2.45) is 5.73 Å². The molecule has 0 saturated heterocycles. The summed E-state index contributed by atoms with van der Waals surface area (Å²) in [6.07, 6.45) is 0.837. The summed E-state index contributed by atoms with van der Waals surface area (Å²) in [4.78, 5) is 0. The van der Waals surface area contributed by atoms with Crippen molar-refractivity contribution in [1.29, 1.82) is 0 Å². The molecule has 0 saturated carbocycles. The summed E-state index contributed by atoms with van der Waals surface area (Å²) in [6, 6.07) is 6.14. The molecule has 3 heteroatoms. The maximum Gasteiger partial charge on any atom is 0.170 e. The Morgan fingerprint density at radius 3 is 2.87 bits per heavy atom. The minimum absolute atomic E-state index is 0.388. The molecular weight excluding hydrogens is 188 g/mol. The van der Waals surface area contributed by atoms with Gasteiger partial charge < -0.3 is 10.3 Å². The molecule has 0 aliphatic carbocycles. The van der Waals surface area contributed by atoms with Gasteiger partial charge >= 0.3 is 0 Å². The van der Waals surface area contributed by atoms with Gasteiger partial charge in [-0.05, 0) is 30.5 Å². The highest BCUT2D eigenvalue weighted by Crippen LogP contribution is 2.27. The Balaban J connectivity index is 2.58. The molecule has 0 radical (unpaired) electrons. The van der Waals surface area contributed by atoms with Gasteiger partial charge in [-0.2, -0.15) is 0 Å². The van der Waals surface area contributed by atoms with Crippen molar-refractivity contribution in [3.05, 3.63) is 29.5 Å². The highest BCUT2D eigenvalue weighted by Gasteiger charge is 2.13. The SMILES string of the molecule is CC(C)c1noc2c(CCN)cccc12. The van der Waals surface area contributed by atoms with E-state index in [-0.39, 0.29) is 0 Å². The van der Waals surface area contributed by atoms with Crippen molar-refractivity contribution in [3.63, 3.8) is 0 Å². The molecule has 2 N–H and O–H groups in total. The number of fused-ring (bicyclic) bond motifs is 1. The number of benzene rings is 1. The highest BCUT2D eigenvalue weighted by atomic mass is 16.5. The van der Waals surface area contributed by atoms with Crippen LogP contribution in [0.1, 0.15) is 31.0 Å². The van der Waals surface area contributed by atoms with Gasteiger partial charge in [0.2, 0.25) is 0 Å². The van der Waals surface area contributed by atoms with Crippen LogP contribution in [0.4, 0.5) is 0 Å². The van der Waals surface area contributed by atoms with E-state index in [1.54, 1.807) is 0 Å². The first kappa shape index (κ1) is 10.2. The fourth-order valence-electron chi connectivity index (χ4n) is 1.81. The zero-order valence-corrected chi connectivity index (χ0v) is 9.16. The molecule has 0 aliphatic heterocycles. The van der Waals surface area contributed by atoms with Crippen LogP contribution in [0.3, 0.4) is 0 Å². The molecule has 3 nitrogen and oxygen atoms in total. The third kappa shape index (κ3) is 1.75. The van der Waals surface area contributed by atoms with Crippen molar-refractivity contribution in [3.8, 4) is 0 Å². The van der Waals surface area contributed by atoms with Crippen molar-refractivity contribution in [2.75, 3.05) is 6.54 Å². The Morgan fingerprint density at radius 2 is 2.20 bits per heavy atom. The second kappa shape index (κ2) is 4.03. The van der Waals surface area contributed by atoms with Gasteiger partial charge in [-0.1, -0.05) is 31.1 Å². The van der Waals surface area contributed by atoms with Crippen LogP contribution in [0, 0.1) is 0 Å². The number of para-hydroxylation sites is 1. The van der Waals surface area contributed by atoms with Crippen LogP contribution in [0.15, 0.2) is 22.7 Å². The molecule has 0 aliphatic rings. The van der Waals surface area contributed by atoms with Gasteiger partial charge in [-0.25, -0.2) is 0 Å². The molecule has 0 bridgehead atoms. The fraction of sp³-hybridized carbons (Fsp3) is 0.417. The van der Waals surface area contributed by atoms with Gasteiger partial charge in [0.1, 0.15) is 0 Å². The predicted molar refractivity (Wildman–Crippen MR) is 60.9 cm³/mol. The summed E-state index contributed by atoms with van der Waals surface area (Å²) >= 11 is 0. The molecular formula is C12H16N2O. The van der Waals surface area contributed by atoms with E-state index < -0.39 is 0 Å². The zero-order valence-electron chi connectivity index (χ0n) is 9.16. The average Bonchev–Trinajstić information content (AvgIpc) is 2.62. The van der Waals surface area contributed by atoms with E-state index >= 15 is 0 Å². The molecule has 1 heterocycles. The quantitative estimate of drug-likeness (QED) is 0.835. The molecule has 0 fully saturated rings. The lowest BCUT2D eigenvalue weighted by Gasteiger charge is -2.00. The average molecular weight is 204 g/mol. The topological polar surface area (TPSA) is 52.0 Å². The molecule has 15 heavy (non-hydrogen) atoms. The third-order valence-electron chi connectivity index (χ3n) is 2.57. The maximum atomic E-state index is 5.56. The summed E-state index contributed by atoms with van der Waals surface area (Å²) in [7, 11) is 0. The van der Waals surface area contributed by atoms with Crippen LogP contribution in [0.2, 0.25) is 0 Å². The number of aromatic nitrogens is 1. The first-order chi connectivity index (χ1) is 7.24. The molecule has 2 rings (SSSR count). The van der Waals surface area contributed by atoms with E-state index in [1.807, 2.05) is 12.1 Å². The molecule has 0 unspecified atom stereocenters. The van der Waals surface area contributed by atoms with E-state index in [0.717, 1.165) is 28.6 Å². The smallest absolute Gasteiger partial charge is 0.170 e. The van der Waals surface area contributed by atoms with Crippen molar-refractivity contribution in [1.82, 2.24) is 5.16 Å². The zero-order chi connectivity index (χ0) is 10.8. The van der Waals surface area contributed by atoms with E-state index in [9.17, 15) is 0 Å². The molecule has 80 valence electrons. The summed E-state index contributed by atoms with van der Waals surface area (Å²) in [5.74, 6) is 0.388. The summed E-state index contributed by atoms with van der Waals surface area (Å²) < 4.78 is 5.39. The van der Waals surface area contributed by atoms with E-state index in [2.05, 4.69) is 25.1 Å². The second-order valence-electron chi connectivity index (χ2n) is 4.06. The Hall–Kier alpha value is -1.35. The minimum atomic E-state index is 0.388. The first-order valence-electron chi connectivity index (χ1n) is 5.31. The Morgan fingerprint density at radius 1 is 1.40 bits per heavy atom. The lowest BCUT2D eigenvalue weighted by atomic mass is 10.0. The van der Waals surface area contributed by atoms with Crippen LogP contribution in [0.5, 0.6) is 0 Å². The predicted octanol–water partition coefficient (Wildman–Crippen LogP) is 2.45. The third-order valence-corrected chi connectivity index (χ3v) is 2.57. The summed E-state index contributed by atoms with van der Waals surface area (Å²) in [5.41, 5.74) is 8.63. The number of hydrogen-bond acceptors (Lipinski definition) is 3. The molecule has 2 aromatic rings. The fourth-order valence-corrected chi connectivity index (χ4v) is 1.81. The normalized spacial score (nSPS) is 11.5. The lowest BCUT2D eigenvalue weighted by molar-refractivity contribution is 0.439. The summed E-state index contributed by atoms with van der Waals surface area (Å²) in [5, 5.41) is 5.24.